The molecule has 1 aromatic carbocycles. The number of rotatable bonds is 6. The molecule has 2 nitrogen and oxygen atoms in total. The zero-order chi connectivity index (χ0) is 11.1. The molecule has 0 bridgehead atoms. The first-order chi connectivity index (χ1) is 7.31. The molecule has 0 fully saturated rings. The molecule has 0 aromatic heterocycles. The Kier molecular flexibility index (Phi) is 5.19. The molecule has 1 unspecified atom stereocenters. The van der Waals surface area contributed by atoms with Crippen molar-refractivity contribution in [2.24, 2.45) is 5.73 Å². The molecule has 0 amide bonds. The van der Waals surface area contributed by atoms with Crippen LogP contribution >= 0.6 is 0 Å². The van der Waals surface area contributed by atoms with Crippen molar-refractivity contribution in [2.45, 2.75) is 32.1 Å². The van der Waals surface area contributed by atoms with Crippen LogP contribution in [-0.2, 0) is 0 Å². The molecule has 1 atom stereocenters. The van der Waals surface area contributed by atoms with Gasteiger partial charge in [0.1, 0.15) is 5.75 Å². The van der Waals surface area contributed by atoms with Crippen LogP contribution in [0, 0.1) is 0 Å². The molecule has 1 rings (SSSR count). The Morgan fingerprint density at radius 1 is 1.40 bits per heavy atom. The highest BCUT2D eigenvalue weighted by atomic mass is 16.5. The van der Waals surface area contributed by atoms with Crippen molar-refractivity contribution >= 4 is 0 Å². The molecule has 0 heterocycles. The lowest BCUT2D eigenvalue weighted by Gasteiger charge is -2.15. The Morgan fingerprint density at radius 2 is 2.20 bits per heavy atom. The molecular weight excluding hydrogens is 186 g/mol. The Balaban J connectivity index is 2.72. The minimum atomic E-state index is 0.614. The molecular formula is C13H21NO. The maximum atomic E-state index is 5.54. The molecule has 0 aliphatic heterocycles. The number of benzene rings is 1. The van der Waals surface area contributed by atoms with E-state index in [1.54, 1.807) is 7.11 Å². The molecule has 0 radical (unpaired) electrons. The highest BCUT2D eigenvalue weighted by Gasteiger charge is 2.09. The van der Waals surface area contributed by atoms with E-state index in [0.717, 1.165) is 25.1 Å². The lowest BCUT2D eigenvalue weighted by molar-refractivity contribution is 0.413. The Hall–Kier alpha value is -1.02. The zero-order valence-corrected chi connectivity index (χ0v) is 9.70. The maximum absolute atomic E-state index is 5.54. The third kappa shape index (κ3) is 3.56. The summed E-state index contributed by atoms with van der Waals surface area (Å²) in [6, 6.07) is 8.34. The second-order valence-corrected chi connectivity index (χ2v) is 3.81. The van der Waals surface area contributed by atoms with Gasteiger partial charge in [-0.1, -0.05) is 19.1 Å². The summed E-state index contributed by atoms with van der Waals surface area (Å²) in [4.78, 5) is 0. The van der Waals surface area contributed by atoms with E-state index in [1.807, 2.05) is 6.07 Å². The highest BCUT2D eigenvalue weighted by molar-refractivity contribution is 5.30. The highest BCUT2D eigenvalue weighted by Crippen LogP contribution is 2.27. The van der Waals surface area contributed by atoms with Gasteiger partial charge in [0.05, 0.1) is 7.11 Å². The lowest BCUT2D eigenvalue weighted by atomic mass is 9.92. The molecule has 84 valence electrons. The van der Waals surface area contributed by atoms with Gasteiger partial charge < -0.3 is 10.5 Å². The van der Waals surface area contributed by atoms with E-state index in [1.165, 1.54) is 12.0 Å². The normalized spacial score (nSPS) is 12.5. The maximum Gasteiger partial charge on any atom is 0.119 e. The summed E-state index contributed by atoms with van der Waals surface area (Å²) in [7, 11) is 1.71. The average Bonchev–Trinajstić information content (AvgIpc) is 2.30. The summed E-state index contributed by atoms with van der Waals surface area (Å²) >= 11 is 0. The SMILES string of the molecule is CCC(CCCN)c1cccc(OC)c1. The van der Waals surface area contributed by atoms with E-state index in [-0.39, 0.29) is 0 Å². The summed E-state index contributed by atoms with van der Waals surface area (Å²) in [6.45, 7) is 3.00. The van der Waals surface area contributed by atoms with Gasteiger partial charge in [0, 0.05) is 0 Å². The van der Waals surface area contributed by atoms with E-state index in [4.69, 9.17) is 10.5 Å². The van der Waals surface area contributed by atoms with Crippen molar-refractivity contribution in [1.29, 1.82) is 0 Å². The first-order valence-corrected chi connectivity index (χ1v) is 5.65. The first-order valence-electron chi connectivity index (χ1n) is 5.65. The number of hydrogen-bond acceptors (Lipinski definition) is 2. The lowest BCUT2D eigenvalue weighted by Crippen LogP contribution is -2.03. The third-order valence-electron chi connectivity index (χ3n) is 2.81. The van der Waals surface area contributed by atoms with Crippen LogP contribution in [0.4, 0.5) is 0 Å². The summed E-state index contributed by atoms with van der Waals surface area (Å²) in [5.74, 6) is 1.56. The molecule has 0 aliphatic rings. The number of methoxy groups -OCH3 is 1. The van der Waals surface area contributed by atoms with Crippen LogP contribution in [0.5, 0.6) is 5.75 Å². The van der Waals surface area contributed by atoms with Gasteiger partial charge >= 0.3 is 0 Å². The minimum absolute atomic E-state index is 0.614. The van der Waals surface area contributed by atoms with E-state index in [9.17, 15) is 0 Å². The van der Waals surface area contributed by atoms with Crippen LogP contribution in [0.15, 0.2) is 24.3 Å². The van der Waals surface area contributed by atoms with Gasteiger partial charge in [-0.05, 0) is 49.4 Å². The van der Waals surface area contributed by atoms with Crippen molar-refractivity contribution in [3.63, 3.8) is 0 Å². The fourth-order valence-electron chi connectivity index (χ4n) is 1.87. The van der Waals surface area contributed by atoms with Crippen LogP contribution < -0.4 is 10.5 Å². The van der Waals surface area contributed by atoms with Gasteiger partial charge in [0.15, 0.2) is 0 Å². The van der Waals surface area contributed by atoms with Gasteiger partial charge in [0.2, 0.25) is 0 Å². The summed E-state index contributed by atoms with van der Waals surface area (Å²) < 4.78 is 5.23. The van der Waals surface area contributed by atoms with E-state index in [0.29, 0.717) is 5.92 Å². The topological polar surface area (TPSA) is 35.2 Å². The van der Waals surface area contributed by atoms with Crippen molar-refractivity contribution in [1.82, 2.24) is 0 Å². The van der Waals surface area contributed by atoms with Gasteiger partial charge in [-0.15, -0.1) is 0 Å². The van der Waals surface area contributed by atoms with Gasteiger partial charge in [-0.3, -0.25) is 0 Å². The first kappa shape index (κ1) is 12.1. The second-order valence-electron chi connectivity index (χ2n) is 3.81. The molecule has 0 saturated carbocycles. The molecule has 1 aromatic rings. The predicted molar refractivity (Wildman–Crippen MR) is 64.3 cm³/mol. The molecule has 15 heavy (non-hydrogen) atoms. The summed E-state index contributed by atoms with van der Waals surface area (Å²) in [6.07, 6.45) is 3.42. The van der Waals surface area contributed by atoms with Crippen molar-refractivity contribution in [2.75, 3.05) is 13.7 Å². The Labute approximate surface area is 92.4 Å². The average molecular weight is 207 g/mol. The third-order valence-corrected chi connectivity index (χ3v) is 2.81. The van der Waals surface area contributed by atoms with Crippen LogP contribution in [0.2, 0.25) is 0 Å². The van der Waals surface area contributed by atoms with Crippen molar-refractivity contribution < 1.29 is 4.74 Å². The van der Waals surface area contributed by atoms with Crippen LogP contribution in [0.1, 0.15) is 37.7 Å². The smallest absolute Gasteiger partial charge is 0.119 e. The van der Waals surface area contributed by atoms with E-state index in [2.05, 4.69) is 25.1 Å². The Morgan fingerprint density at radius 3 is 2.80 bits per heavy atom. The molecule has 0 spiro atoms. The summed E-state index contributed by atoms with van der Waals surface area (Å²) in [5, 5.41) is 0. The second kappa shape index (κ2) is 6.46. The number of ether oxygens (including phenoxy) is 1. The minimum Gasteiger partial charge on any atom is -0.497 e. The molecule has 2 N–H and O–H groups in total. The standard InChI is InChI=1S/C13H21NO/c1-3-11(7-5-9-14)12-6-4-8-13(10-12)15-2/h4,6,8,10-11H,3,5,7,9,14H2,1-2H3. The van der Waals surface area contributed by atoms with Crippen molar-refractivity contribution in [3.8, 4) is 5.75 Å². The fourth-order valence-corrected chi connectivity index (χ4v) is 1.87. The van der Waals surface area contributed by atoms with Crippen LogP contribution in [-0.4, -0.2) is 13.7 Å². The van der Waals surface area contributed by atoms with Crippen LogP contribution in [0.25, 0.3) is 0 Å². The van der Waals surface area contributed by atoms with Gasteiger partial charge in [-0.25, -0.2) is 0 Å². The molecule has 0 saturated heterocycles. The van der Waals surface area contributed by atoms with Crippen LogP contribution in [0.3, 0.4) is 0 Å². The van der Waals surface area contributed by atoms with E-state index < -0.39 is 0 Å². The fraction of sp³-hybridized carbons (Fsp3) is 0.538. The van der Waals surface area contributed by atoms with Gasteiger partial charge in [0.25, 0.3) is 0 Å². The quantitative estimate of drug-likeness (QED) is 0.778. The Bertz CT molecular complexity index is 286. The van der Waals surface area contributed by atoms with Gasteiger partial charge in [-0.2, -0.15) is 0 Å². The molecule has 0 aliphatic carbocycles. The molecule has 2 heteroatoms. The number of nitrogens with two attached hydrogens (primary N) is 1. The largest absolute Gasteiger partial charge is 0.497 e. The predicted octanol–water partition coefficient (Wildman–Crippen LogP) is 2.93. The summed E-state index contributed by atoms with van der Waals surface area (Å²) in [5.41, 5.74) is 6.91. The van der Waals surface area contributed by atoms with Crippen molar-refractivity contribution in [3.05, 3.63) is 29.8 Å². The van der Waals surface area contributed by atoms with E-state index >= 15 is 0 Å². The monoisotopic (exact) mass is 207 g/mol. The zero-order valence-electron chi connectivity index (χ0n) is 9.70. The number of hydrogen-bond donors (Lipinski definition) is 1.